The summed E-state index contributed by atoms with van der Waals surface area (Å²) in [6.45, 7) is 13.7. The zero-order chi connectivity index (χ0) is 11.6. The summed E-state index contributed by atoms with van der Waals surface area (Å²) in [5.74, 6) is 0. The van der Waals surface area contributed by atoms with Crippen molar-refractivity contribution in [2.75, 3.05) is 39.5 Å². The van der Waals surface area contributed by atoms with Gasteiger partial charge < -0.3 is 14.8 Å². The summed E-state index contributed by atoms with van der Waals surface area (Å²) in [6.07, 6.45) is 1.18. The van der Waals surface area contributed by atoms with Crippen molar-refractivity contribution in [3.63, 3.8) is 0 Å². The molecule has 3 heteroatoms. The van der Waals surface area contributed by atoms with Crippen LogP contribution >= 0.6 is 0 Å². The van der Waals surface area contributed by atoms with E-state index in [1.807, 2.05) is 6.92 Å². The molecule has 0 amide bonds. The molecular formula is C12H27NO2. The first kappa shape index (κ1) is 14.9. The molecule has 0 bridgehead atoms. The second-order valence-corrected chi connectivity index (χ2v) is 4.59. The van der Waals surface area contributed by atoms with E-state index < -0.39 is 0 Å². The number of hydrogen-bond acceptors (Lipinski definition) is 3. The quantitative estimate of drug-likeness (QED) is 0.568. The number of hydrogen-bond donors (Lipinski definition) is 1. The molecule has 0 atom stereocenters. The predicted molar refractivity (Wildman–Crippen MR) is 64.3 cm³/mol. The molecule has 0 fully saturated rings. The summed E-state index contributed by atoms with van der Waals surface area (Å²) >= 11 is 0. The van der Waals surface area contributed by atoms with Crippen molar-refractivity contribution in [2.45, 2.75) is 34.1 Å². The van der Waals surface area contributed by atoms with Crippen LogP contribution in [0.3, 0.4) is 0 Å². The van der Waals surface area contributed by atoms with Crippen LogP contribution in [-0.4, -0.2) is 39.5 Å². The maximum Gasteiger partial charge on any atom is 0.0700 e. The molecule has 3 nitrogen and oxygen atoms in total. The maximum absolute atomic E-state index is 5.57. The fourth-order valence-corrected chi connectivity index (χ4v) is 1.27. The van der Waals surface area contributed by atoms with E-state index in [-0.39, 0.29) is 5.41 Å². The Hall–Kier alpha value is -0.120. The van der Waals surface area contributed by atoms with E-state index in [9.17, 15) is 0 Å². The Morgan fingerprint density at radius 1 is 1.07 bits per heavy atom. The summed E-state index contributed by atoms with van der Waals surface area (Å²) in [4.78, 5) is 0. The molecule has 92 valence electrons. The third-order valence-electron chi connectivity index (χ3n) is 2.10. The van der Waals surface area contributed by atoms with Crippen molar-refractivity contribution < 1.29 is 9.47 Å². The molecule has 0 saturated heterocycles. The highest BCUT2D eigenvalue weighted by molar-refractivity contribution is 4.70. The molecule has 0 unspecified atom stereocenters. The smallest absolute Gasteiger partial charge is 0.0700 e. The van der Waals surface area contributed by atoms with Gasteiger partial charge in [0.05, 0.1) is 19.8 Å². The number of nitrogens with one attached hydrogen (secondary N) is 1. The molecule has 0 aromatic carbocycles. The van der Waals surface area contributed by atoms with Crippen molar-refractivity contribution in [1.29, 1.82) is 0 Å². The molecule has 0 spiro atoms. The van der Waals surface area contributed by atoms with E-state index in [4.69, 9.17) is 9.47 Å². The molecule has 1 N–H and O–H groups in total. The lowest BCUT2D eigenvalue weighted by Gasteiger charge is -2.24. The van der Waals surface area contributed by atoms with Gasteiger partial charge in [0.15, 0.2) is 0 Å². The first-order valence-corrected chi connectivity index (χ1v) is 5.98. The monoisotopic (exact) mass is 217 g/mol. The number of ether oxygens (including phenoxy) is 2. The Morgan fingerprint density at radius 2 is 1.73 bits per heavy atom. The molecule has 0 heterocycles. The molecule has 0 saturated carbocycles. The first-order chi connectivity index (χ1) is 7.12. The highest BCUT2D eigenvalue weighted by atomic mass is 16.5. The third kappa shape index (κ3) is 10.2. The maximum atomic E-state index is 5.57. The Balaban J connectivity index is 3.38. The van der Waals surface area contributed by atoms with Crippen LogP contribution in [0.1, 0.15) is 34.1 Å². The van der Waals surface area contributed by atoms with Crippen molar-refractivity contribution in [3.8, 4) is 0 Å². The SMILES string of the molecule is CCCNCC(C)(C)COCCOCC. The molecule has 0 rings (SSSR count). The lowest BCUT2D eigenvalue weighted by atomic mass is 9.95. The fraction of sp³-hybridized carbons (Fsp3) is 1.00. The van der Waals surface area contributed by atoms with Gasteiger partial charge in [0.25, 0.3) is 0 Å². The highest BCUT2D eigenvalue weighted by Crippen LogP contribution is 2.13. The molecule has 0 aliphatic carbocycles. The van der Waals surface area contributed by atoms with E-state index >= 15 is 0 Å². The lowest BCUT2D eigenvalue weighted by molar-refractivity contribution is 0.0180. The van der Waals surface area contributed by atoms with Crippen LogP contribution in [0.2, 0.25) is 0 Å². The summed E-state index contributed by atoms with van der Waals surface area (Å²) in [5, 5.41) is 3.42. The van der Waals surface area contributed by atoms with Crippen LogP contribution in [0, 0.1) is 5.41 Å². The van der Waals surface area contributed by atoms with Gasteiger partial charge >= 0.3 is 0 Å². The summed E-state index contributed by atoms with van der Waals surface area (Å²) in [7, 11) is 0. The minimum absolute atomic E-state index is 0.210. The van der Waals surface area contributed by atoms with Crippen LogP contribution in [0.4, 0.5) is 0 Å². The van der Waals surface area contributed by atoms with Crippen LogP contribution < -0.4 is 5.32 Å². The van der Waals surface area contributed by atoms with Crippen LogP contribution in [0.25, 0.3) is 0 Å². The summed E-state index contributed by atoms with van der Waals surface area (Å²) in [6, 6.07) is 0. The molecular weight excluding hydrogens is 190 g/mol. The minimum Gasteiger partial charge on any atom is -0.379 e. The van der Waals surface area contributed by atoms with Crippen molar-refractivity contribution in [3.05, 3.63) is 0 Å². The topological polar surface area (TPSA) is 30.5 Å². The van der Waals surface area contributed by atoms with E-state index in [0.29, 0.717) is 13.2 Å². The summed E-state index contributed by atoms with van der Waals surface area (Å²) in [5.41, 5.74) is 0.210. The lowest BCUT2D eigenvalue weighted by Crippen LogP contribution is -2.34. The molecule has 0 aliphatic rings. The minimum atomic E-state index is 0.210. The zero-order valence-electron chi connectivity index (χ0n) is 10.8. The van der Waals surface area contributed by atoms with Crippen LogP contribution in [0.15, 0.2) is 0 Å². The second-order valence-electron chi connectivity index (χ2n) is 4.59. The van der Waals surface area contributed by atoms with E-state index in [0.717, 1.165) is 26.3 Å². The van der Waals surface area contributed by atoms with Gasteiger partial charge in [-0.15, -0.1) is 0 Å². The molecule has 0 radical (unpaired) electrons. The molecule has 0 aromatic rings. The Labute approximate surface area is 94.5 Å². The standard InChI is InChI=1S/C12H27NO2/c1-5-7-13-10-12(3,4)11-15-9-8-14-6-2/h13H,5-11H2,1-4H3. The van der Waals surface area contributed by atoms with Gasteiger partial charge in [-0.05, 0) is 19.9 Å². The van der Waals surface area contributed by atoms with Gasteiger partial charge in [0, 0.05) is 18.6 Å². The average Bonchev–Trinajstić information content (AvgIpc) is 2.17. The molecule has 0 aliphatic heterocycles. The van der Waals surface area contributed by atoms with Crippen molar-refractivity contribution in [2.24, 2.45) is 5.41 Å². The fourth-order valence-electron chi connectivity index (χ4n) is 1.27. The average molecular weight is 217 g/mol. The summed E-state index contributed by atoms with van der Waals surface area (Å²) < 4.78 is 10.8. The Kier molecular flexibility index (Phi) is 9.06. The normalized spacial score (nSPS) is 12.0. The first-order valence-electron chi connectivity index (χ1n) is 5.98. The predicted octanol–water partition coefficient (Wildman–Crippen LogP) is 2.07. The van der Waals surface area contributed by atoms with Crippen molar-refractivity contribution >= 4 is 0 Å². The van der Waals surface area contributed by atoms with Crippen molar-refractivity contribution in [1.82, 2.24) is 5.32 Å². The van der Waals surface area contributed by atoms with Gasteiger partial charge in [-0.3, -0.25) is 0 Å². The van der Waals surface area contributed by atoms with E-state index in [1.54, 1.807) is 0 Å². The second kappa shape index (κ2) is 9.13. The zero-order valence-corrected chi connectivity index (χ0v) is 10.8. The Bertz CT molecular complexity index is 138. The highest BCUT2D eigenvalue weighted by Gasteiger charge is 2.17. The van der Waals surface area contributed by atoms with E-state index in [1.165, 1.54) is 6.42 Å². The van der Waals surface area contributed by atoms with E-state index in [2.05, 4.69) is 26.1 Å². The van der Waals surface area contributed by atoms with Gasteiger partial charge in [0.2, 0.25) is 0 Å². The Morgan fingerprint density at radius 3 is 2.33 bits per heavy atom. The number of rotatable bonds is 10. The van der Waals surface area contributed by atoms with Gasteiger partial charge in [-0.25, -0.2) is 0 Å². The largest absolute Gasteiger partial charge is 0.379 e. The van der Waals surface area contributed by atoms with Gasteiger partial charge in [-0.2, -0.15) is 0 Å². The van der Waals surface area contributed by atoms with Crippen LogP contribution in [-0.2, 0) is 9.47 Å². The molecule has 0 aromatic heterocycles. The molecule has 15 heavy (non-hydrogen) atoms. The van der Waals surface area contributed by atoms with Gasteiger partial charge in [-0.1, -0.05) is 20.8 Å². The third-order valence-corrected chi connectivity index (χ3v) is 2.10. The van der Waals surface area contributed by atoms with Crippen LogP contribution in [0.5, 0.6) is 0 Å². The van der Waals surface area contributed by atoms with Gasteiger partial charge in [0.1, 0.15) is 0 Å².